The summed E-state index contributed by atoms with van der Waals surface area (Å²) in [5.74, 6) is -0.0312. The van der Waals surface area contributed by atoms with E-state index in [9.17, 15) is 9.18 Å². The lowest BCUT2D eigenvalue weighted by atomic mass is 10.1. The number of fused-ring (bicyclic) bond motifs is 1. The second kappa shape index (κ2) is 7.34. The number of methoxy groups -OCH3 is 1. The fourth-order valence-corrected chi connectivity index (χ4v) is 2.75. The fraction of sp³-hybridized carbons (Fsp3) is 0.263. The van der Waals surface area contributed by atoms with Crippen LogP contribution < -0.4 is 4.74 Å². The van der Waals surface area contributed by atoms with Crippen LogP contribution in [0.5, 0.6) is 5.75 Å². The van der Waals surface area contributed by atoms with E-state index < -0.39 is 5.82 Å². The van der Waals surface area contributed by atoms with E-state index in [4.69, 9.17) is 4.74 Å². The first-order valence-electron chi connectivity index (χ1n) is 8.11. The lowest BCUT2D eigenvalue weighted by molar-refractivity contribution is 0.0788. The first-order chi connectivity index (χ1) is 12.1. The maximum atomic E-state index is 14.2. The van der Waals surface area contributed by atoms with Crippen LogP contribution in [-0.4, -0.2) is 41.5 Å². The lowest BCUT2D eigenvalue weighted by Crippen LogP contribution is -2.29. The molecule has 0 bridgehead atoms. The molecule has 0 fully saturated rings. The van der Waals surface area contributed by atoms with Gasteiger partial charge >= 0.3 is 0 Å². The van der Waals surface area contributed by atoms with E-state index in [-0.39, 0.29) is 17.2 Å². The van der Waals surface area contributed by atoms with Crippen molar-refractivity contribution in [1.82, 2.24) is 14.9 Å². The number of benzene rings is 2. The van der Waals surface area contributed by atoms with E-state index >= 15 is 0 Å². The molecule has 0 aliphatic carbocycles. The summed E-state index contributed by atoms with van der Waals surface area (Å²) in [5.41, 5.74) is 1.95. The highest BCUT2D eigenvalue weighted by Crippen LogP contribution is 2.21. The molecule has 0 saturated heterocycles. The van der Waals surface area contributed by atoms with Gasteiger partial charge in [0.25, 0.3) is 5.91 Å². The summed E-state index contributed by atoms with van der Waals surface area (Å²) in [7, 11) is 3.05. The third kappa shape index (κ3) is 3.63. The predicted molar refractivity (Wildman–Crippen MR) is 94.3 cm³/mol. The Morgan fingerprint density at radius 2 is 2.04 bits per heavy atom. The zero-order valence-corrected chi connectivity index (χ0v) is 14.3. The van der Waals surface area contributed by atoms with Gasteiger partial charge in [-0.2, -0.15) is 0 Å². The third-order valence-electron chi connectivity index (χ3n) is 4.11. The Bertz CT molecular complexity index is 858. The van der Waals surface area contributed by atoms with Gasteiger partial charge in [0.05, 0.1) is 23.7 Å². The molecule has 3 aromatic rings. The minimum Gasteiger partial charge on any atom is -0.494 e. The zero-order valence-electron chi connectivity index (χ0n) is 14.3. The van der Waals surface area contributed by atoms with Crippen LogP contribution in [0.25, 0.3) is 11.0 Å². The minimum atomic E-state index is -0.626. The van der Waals surface area contributed by atoms with Gasteiger partial charge in [0.2, 0.25) is 0 Å². The Kier molecular flexibility index (Phi) is 4.97. The number of halogens is 1. The van der Waals surface area contributed by atoms with Gasteiger partial charge in [-0.3, -0.25) is 4.79 Å². The summed E-state index contributed by atoms with van der Waals surface area (Å²) < 4.78 is 19.1. The molecule has 0 aliphatic heterocycles. The molecule has 0 spiro atoms. The van der Waals surface area contributed by atoms with E-state index in [1.165, 1.54) is 24.1 Å². The number of imidazole rings is 1. The number of nitrogens with one attached hydrogen (secondary N) is 1. The van der Waals surface area contributed by atoms with Crippen LogP contribution in [0.2, 0.25) is 0 Å². The van der Waals surface area contributed by atoms with E-state index in [0.29, 0.717) is 13.0 Å². The van der Waals surface area contributed by atoms with Gasteiger partial charge in [-0.1, -0.05) is 18.2 Å². The second-order valence-electron chi connectivity index (χ2n) is 5.85. The number of para-hydroxylation sites is 2. The van der Waals surface area contributed by atoms with Gasteiger partial charge in [-0.15, -0.1) is 0 Å². The van der Waals surface area contributed by atoms with Crippen LogP contribution in [0.1, 0.15) is 22.6 Å². The van der Waals surface area contributed by atoms with Gasteiger partial charge in [0, 0.05) is 20.0 Å². The van der Waals surface area contributed by atoms with Crippen LogP contribution in [-0.2, 0) is 6.42 Å². The number of aryl methyl sites for hydroxylation is 1. The standard InChI is InChI=1S/C19H20FN3O2/c1-23(19(24)13-7-5-10-16(25-2)18(13)20)12-6-11-17-21-14-8-3-4-9-15(14)22-17/h3-5,7-10H,6,11-12H2,1-2H3,(H,21,22). The van der Waals surface area contributed by atoms with E-state index in [2.05, 4.69) is 9.97 Å². The molecule has 1 N–H and O–H groups in total. The van der Waals surface area contributed by atoms with Gasteiger partial charge < -0.3 is 14.6 Å². The molecule has 25 heavy (non-hydrogen) atoms. The molecule has 3 rings (SSSR count). The molecule has 0 saturated carbocycles. The van der Waals surface area contributed by atoms with E-state index in [0.717, 1.165) is 23.3 Å². The number of aromatic nitrogens is 2. The molecule has 0 radical (unpaired) electrons. The Balaban J connectivity index is 1.60. The Hall–Kier alpha value is -2.89. The van der Waals surface area contributed by atoms with Crippen molar-refractivity contribution in [3.63, 3.8) is 0 Å². The topological polar surface area (TPSA) is 58.2 Å². The predicted octanol–water partition coefficient (Wildman–Crippen LogP) is 3.42. The first-order valence-corrected chi connectivity index (χ1v) is 8.11. The number of ether oxygens (including phenoxy) is 1. The number of hydrogen-bond donors (Lipinski definition) is 1. The van der Waals surface area contributed by atoms with Gasteiger partial charge in [-0.05, 0) is 30.7 Å². The first kappa shape index (κ1) is 17.0. The normalized spacial score (nSPS) is 10.8. The summed E-state index contributed by atoms with van der Waals surface area (Å²) in [6, 6.07) is 12.4. The van der Waals surface area contributed by atoms with Crippen LogP contribution in [0.4, 0.5) is 4.39 Å². The van der Waals surface area contributed by atoms with Crippen molar-refractivity contribution in [3.05, 3.63) is 59.7 Å². The summed E-state index contributed by atoms with van der Waals surface area (Å²) in [4.78, 5) is 21.7. The maximum absolute atomic E-state index is 14.2. The summed E-state index contributed by atoms with van der Waals surface area (Å²) in [6.07, 6.45) is 1.44. The molecule has 0 unspecified atom stereocenters. The highest BCUT2D eigenvalue weighted by molar-refractivity contribution is 5.94. The van der Waals surface area contributed by atoms with Crippen molar-refractivity contribution in [2.75, 3.05) is 20.7 Å². The average Bonchev–Trinajstić information content (AvgIpc) is 3.04. The molecule has 5 nitrogen and oxygen atoms in total. The highest BCUT2D eigenvalue weighted by atomic mass is 19.1. The van der Waals surface area contributed by atoms with Crippen molar-refractivity contribution in [2.45, 2.75) is 12.8 Å². The van der Waals surface area contributed by atoms with E-state index in [1.54, 1.807) is 13.1 Å². The molecular weight excluding hydrogens is 321 g/mol. The van der Waals surface area contributed by atoms with Crippen molar-refractivity contribution >= 4 is 16.9 Å². The van der Waals surface area contributed by atoms with E-state index in [1.807, 2.05) is 24.3 Å². The number of nitrogens with zero attached hydrogens (tertiary/aromatic N) is 2. The van der Waals surface area contributed by atoms with Crippen LogP contribution >= 0.6 is 0 Å². The van der Waals surface area contributed by atoms with Crippen molar-refractivity contribution in [3.8, 4) is 5.75 Å². The summed E-state index contributed by atoms with van der Waals surface area (Å²) in [6.45, 7) is 0.506. The summed E-state index contributed by atoms with van der Waals surface area (Å²) in [5, 5.41) is 0. The number of aromatic amines is 1. The number of carbonyl (C=O) groups is 1. The number of carbonyl (C=O) groups excluding carboxylic acids is 1. The number of hydrogen-bond acceptors (Lipinski definition) is 3. The quantitative estimate of drug-likeness (QED) is 0.747. The number of amides is 1. The smallest absolute Gasteiger partial charge is 0.256 e. The molecular formula is C19H20FN3O2. The lowest BCUT2D eigenvalue weighted by Gasteiger charge is -2.17. The molecule has 1 aromatic heterocycles. The van der Waals surface area contributed by atoms with Crippen LogP contribution in [0.15, 0.2) is 42.5 Å². The molecule has 0 aliphatic rings. The third-order valence-corrected chi connectivity index (χ3v) is 4.11. The fourth-order valence-electron chi connectivity index (χ4n) is 2.75. The molecule has 6 heteroatoms. The Morgan fingerprint density at radius 1 is 1.24 bits per heavy atom. The summed E-state index contributed by atoms with van der Waals surface area (Å²) >= 11 is 0. The Labute approximate surface area is 145 Å². The average molecular weight is 341 g/mol. The zero-order chi connectivity index (χ0) is 17.8. The highest BCUT2D eigenvalue weighted by Gasteiger charge is 2.18. The SMILES string of the molecule is COc1cccc(C(=O)N(C)CCCc2nc3ccccc3[nH]2)c1F. The van der Waals surface area contributed by atoms with Crippen LogP contribution in [0.3, 0.4) is 0 Å². The number of H-pyrrole nitrogens is 1. The van der Waals surface area contributed by atoms with Gasteiger partial charge in [0.1, 0.15) is 5.82 Å². The van der Waals surface area contributed by atoms with Gasteiger partial charge in [-0.25, -0.2) is 9.37 Å². The second-order valence-corrected chi connectivity index (χ2v) is 5.85. The Morgan fingerprint density at radius 3 is 2.80 bits per heavy atom. The molecule has 1 heterocycles. The monoisotopic (exact) mass is 341 g/mol. The minimum absolute atomic E-state index is 0.0191. The van der Waals surface area contributed by atoms with Crippen molar-refractivity contribution < 1.29 is 13.9 Å². The molecule has 130 valence electrons. The maximum Gasteiger partial charge on any atom is 0.256 e. The largest absolute Gasteiger partial charge is 0.494 e. The van der Waals surface area contributed by atoms with Crippen molar-refractivity contribution in [1.29, 1.82) is 0 Å². The molecule has 0 atom stereocenters. The molecule has 2 aromatic carbocycles. The van der Waals surface area contributed by atoms with Crippen LogP contribution in [0, 0.1) is 5.82 Å². The number of rotatable bonds is 6. The molecule has 1 amide bonds. The van der Waals surface area contributed by atoms with Gasteiger partial charge in [0.15, 0.2) is 11.6 Å². The van der Waals surface area contributed by atoms with Crippen molar-refractivity contribution in [2.24, 2.45) is 0 Å².